The van der Waals surface area contributed by atoms with E-state index in [0.29, 0.717) is 19.5 Å². The fourth-order valence-electron chi connectivity index (χ4n) is 3.16. The Bertz CT molecular complexity index is 1010. The first-order valence-electron chi connectivity index (χ1n) is 10.2. The van der Waals surface area contributed by atoms with Gasteiger partial charge in [0.25, 0.3) is 0 Å². The van der Waals surface area contributed by atoms with Crippen molar-refractivity contribution in [1.29, 1.82) is 0 Å². The van der Waals surface area contributed by atoms with E-state index in [1.54, 1.807) is 12.1 Å². The van der Waals surface area contributed by atoms with E-state index >= 15 is 0 Å². The average Bonchev–Trinajstić information content (AvgIpc) is 3.08. The highest BCUT2D eigenvalue weighted by molar-refractivity contribution is 5.81. The van der Waals surface area contributed by atoms with Crippen LogP contribution in [-0.4, -0.2) is 27.9 Å². The lowest BCUT2D eigenvalue weighted by atomic mass is 10.2. The van der Waals surface area contributed by atoms with Gasteiger partial charge in [-0.15, -0.1) is 0 Å². The van der Waals surface area contributed by atoms with Crippen molar-refractivity contribution >= 4 is 22.8 Å². The summed E-state index contributed by atoms with van der Waals surface area (Å²) in [4.78, 5) is 28.9. The van der Waals surface area contributed by atoms with Crippen LogP contribution in [0.25, 0.3) is 11.0 Å². The minimum atomic E-state index is -0.302. The number of benzene rings is 2. The van der Waals surface area contributed by atoms with Gasteiger partial charge in [-0.1, -0.05) is 38.1 Å². The molecule has 0 atom stereocenters. The molecule has 3 aromatic rings. The molecule has 30 heavy (non-hydrogen) atoms. The molecule has 3 rings (SSSR count). The number of carbonyl (C=O) groups excluding carboxylic acids is 2. The fourth-order valence-corrected chi connectivity index (χ4v) is 3.16. The van der Waals surface area contributed by atoms with Crippen LogP contribution >= 0.6 is 0 Å². The Hall–Kier alpha value is -3.22. The van der Waals surface area contributed by atoms with E-state index in [1.165, 1.54) is 12.1 Å². The van der Waals surface area contributed by atoms with Crippen LogP contribution in [-0.2, 0) is 29.1 Å². The lowest BCUT2D eigenvalue weighted by Crippen LogP contribution is -2.29. The van der Waals surface area contributed by atoms with Gasteiger partial charge in [-0.05, 0) is 36.2 Å². The number of imidazole rings is 1. The Morgan fingerprint density at radius 1 is 1.07 bits per heavy atom. The molecule has 2 aromatic carbocycles. The van der Waals surface area contributed by atoms with E-state index in [0.717, 1.165) is 28.8 Å². The first-order valence-corrected chi connectivity index (χ1v) is 10.2. The maximum absolute atomic E-state index is 13.0. The number of hydrogen-bond donors (Lipinski definition) is 2. The van der Waals surface area contributed by atoms with Crippen molar-refractivity contribution in [2.45, 2.75) is 39.8 Å². The largest absolute Gasteiger partial charge is 0.356 e. The summed E-state index contributed by atoms with van der Waals surface area (Å²) in [5.74, 6) is 0.357. The highest BCUT2D eigenvalue weighted by Gasteiger charge is 2.14. The predicted octanol–water partition coefficient (Wildman–Crippen LogP) is 3.20. The number of nitrogens with one attached hydrogen (secondary N) is 2. The zero-order valence-corrected chi connectivity index (χ0v) is 17.3. The Morgan fingerprint density at radius 2 is 1.80 bits per heavy atom. The number of aromatic nitrogens is 2. The molecule has 6 nitrogen and oxygen atoms in total. The summed E-state index contributed by atoms with van der Waals surface area (Å²) < 4.78 is 14.9. The van der Waals surface area contributed by atoms with Gasteiger partial charge < -0.3 is 15.2 Å². The molecule has 0 aliphatic rings. The van der Waals surface area contributed by atoms with Crippen LogP contribution in [0, 0.1) is 11.7 Å². The molecular weight excluding hydrogens is 383 g/mol. The van der Waals surface area contributed by atoms with Crippen molar-refractivity contribution in [3.8, 4) is 0 Å². The molecule has 0 saturated heterocycles. The summed E-state index contributed by atoms with van der Waals surface area (Å²) in [6.07, 6.45) is 1.39. The van der Waals surface area contributed by atoms with Gasteiger partial charge in [-0.25, -0.2) is 9.37 Å². The third-order valence-corrected chi connectivity index (χ3v) is 4.84. The molecule has 0 fully saturated rings. The third-order valence-electron chi connectivity index (χ3n) is 4.84. The fraction of sp³-hybridized carbons (Fsp3) is 0.348. The number of para-hydroxylation sites is 2. The first-order chi connectivity index (χ1) is 14.4. The zero-order valence-electron chi connectivity index (χ0n) is 17.3. The van der Waals surface area contributed by atoms with Gasteiger partial charge in [-0.3, -0.25) is 9.59 Å². The standard InChI is InChI=1S/C23H27FN4O2/c1-16(2)23(30)25-13-5-8-21-27-19-6-3-4-7-20(19)28(21)15-22(29)26-14-17-9-11-18(24)12-10-17/h3-4,6-7,9-12,16H,5,8,13-15H2,1-2H3,(H,25,30)(H,26,29). The number of nitrogens with zero attached hydrogens (tertiary/aromatic N) is 2. The lowest BCUT2D eigenvalue weighted by molar-refractivity contribution is -0.124. The summed E-state index contributed by atoms with van der Waals surface area (Å²) >= 11 is 0. The van der Waals surface area contributed by atoms with Gasteiger partial charge in [0.15, 0.2) is 0 Å². The zero-order chi connectivity index (χ0) is 21.5. The van der Waals surface area contributed by atoms with Crippen molar-refractivity contribution in [3.63, 3.8) is 0 Å². The average molecular weight is 410 g/mol. The van der Waals surface area contributed by atoms with Crippen LogP contribution in [0.15, 0.2) is 48.5 Å². The summed E-state index contributed by atoms with van der Waals surface area (Å²) in [6.45, 7) is 4.77. The molecule has 0 aliphatic carbocycles. The van der Waals surface area contributed by atoms with E-state index < -0.39 is 0 Å². The molecule has 1 aromatic heterocycles. The van der Waals surface area contributed by atoms with E-state index in [4.69, 9.17) is 0 Å². The summed E-state index contributed by atoms with van der Waals surface area (Å²) in [7, 11) is 0. The van der Waals surface area contributed by atoms with Crippen LogP contribution in [0.4, 0.5) is 4.39 Å². The quantitative estimate of drug-likeness (QED) is 0.532. The second kappa shape index (κ2) is 10.0. The number of halogens is 1. The minimum absolute atomic E-state index is 0.0312. The molecule has 0 radical (unpaired) electrons. The highest BCUT2D eigenvalue weighted by Crippen LogP contribution is 2.17. The first kappa shape index (κ1) is 21.5. The Labute approximate surface area is 175 Å². The van der Waals surface area contributed by atoms with E-state index in [2.05, 4.69) is 15.6 Å². The second-order valence-corrected chi connectivity index (χ2v) is 7.56. The van der Waals surface area contributed by atoms with Gasteiger partial charge in [0.2, 0.25) is 11.8 Å². The summed E-state index contributed by atoms with van der Waals surface area (Å²) in [5, 5.41) is 5.78. The molecule has 7 heteroatoms. The van der Waals surface area contributed by atoms with Crippen LogP contribution in [0.2, 0.25) is 0 Å². The Morgan fingerprint density at radius 3 is 2.53 bits per heavy atom. The predicted molar refractivity (Wildman–Crippen MR) is 114 cm³/mol. The van der Waals surface area contributed by atoms with Crippen molar-refractivity contribution < 1.29 is 14.0 Å². The lowest BCUT2D eigenvalue weighted by Gasteiger charge is -2.11. The van der Waals surface area contributed by atoms with E-state index in [9.17, 15) is 14.0 Å². The number of rotatable bonds is 9. The van der Waals surface area contributed by atoms with Gasteiger partial charge in [-0.2, -0.15) is 0 Å². The van der Waals surface area contributed by atoms with Crippen molar-refractivity contribution in [2.75, 3.05) is 6.54 Å². The van der Waals surface area contributed by atoms with Gasteiger partial charge in [0.05, 0.1) is 11.0 Å². The highest BCUT2D eigenvalue weighted by atomic mass is 19.1. The Kier molecular flexibility index (Phi) is 7.17. The Balaban J connectivity index is 1.64. The topological polar surface area (TPSA) is 76.0 Å². The van der Waals surface area contributed by atoms with Crippen molar-refractivity contribution in [1.82, 2.24) is 20.2 Å². The van der Waals surface area contributed by atoms with Crippen LogP contribution in [0.3, 0.4) is 0 Å². The van der Waals surface area contributed by atoms with E-state index in [-0.39, 0.29) is 30.1 Å². The van der Waals surface area contributed by atoms with Gasteiger partial charge >= 0.3 is 0 Å². The number of fused-ring (bicyclic) bond motifs is 1. The molecule has 0 saturated carbocycles. The molecule has 0 unspecified atom stereocenters. The van der Waals surface area contributed by atoms with Crippen molar-refractivity contribution in [3.05, 3.63) is 65.7 Å². The number of hydrogen-bond acceptors (Lipinski definition) is 3. The molecule has 2 N–H and O–H groups in total. The molecular formula is C23H27FN4O2. The molecule has 1 heterocycles. The monoisotopic (exact) mass is 410 g/mol. The maximum atomic E-state index is 13.0. The second-order valence-electron chi connectivity index (χ2n) is 7.56. The number of amides is 2. The van der Waals surface area contributed by atoms with E-state index in [1.807, 2.05) is 42.7 Å². The molecule has 0 aliphatic heterocycles. The summed E-state index contributed by atoms with van der Waals surface area (Å²) in [6, 6.07) is 13.8. The van der Waals surface area contributed by atoms with Gasteiger partial charge in [0.1, 0.15) is 18.2 Å². The van der Waals surface area contributed by atoms with Gasteiger partial charge in [0, 0.05) is 25.4 Å². The SMILES string of the molecule is CC(C)C(=O)NCCCc1nc2ccccc2n1CC(=O)NCc1ccc(F)cc1. The molecule has 158 valence electrons. The molecule has 0 spiro atoms. The molecule has 0 bridgehead atoms. The normalized spacial score (nSPS) is 11.1. The number of aryl methyl sites for hydroxylation is 1. The van der Waals surface area contributed by atoms with Crippen LogP contribution < -0.4 is 10.6 Å². The van der Waals surface area contributed by atoms with Crippen LogP contribution in [0.5, 0.6) is 0 Å². The maximum Gasteiger partial charge on any atom is 0.240 e. The minimum Gasteiger partial charge on any atom is -0.356 e. The number of carbonyl (C=O) groups is 2. The molecule has 2 amide bonds. The smallest absolute Gasteiger partial charge is 0.240 e. The summed E-state index contributed by atoms with van der Waals surface area (Å²) in [5.41, 5.74) is 2.57. The third kappa shape index (κ3) is 5.65. The van der Waals surface area contributed by atoms with Crippen molar-refractivity contribution in [2.24, 2.45) is 5.92 Å². The van der Waals surface area contributed by atoms with Crippen LogP contribution in [0.1, 0.15) is 31.7 Å².